The van der Waals surface area contributed by atoms with Crippen molar-refractivity contribution in [3.05, 3.63) is 35.9 Å². The van der Waals surface area contributed by atoms with Crippen LogP contribution in [-0.4, -0.2) is 41.6 Å². The second-order valence-corrected chi connectivity index (χ2v) is 6.77. The average molecular weight is 338 g/mol. The van der Waals surface area contributed by atoms with E-state index in [4.69, 9.17) is 9.47 Å². The predicted molar refractivity (Wildman–Crippen MR) is 89.5 cm³/mol. The van der Waals surface area contributed by atoms with Crippen molar-refractivity contribution in [2.45, 2.75) is 45.5 Å². The summed E-state index contributed by atoms with van der Waals surface area (Å²) in [5.41, 5.74) is -1.08. The average Bonchev–Trinajstić information content (AvgIpc) is 2.49. The number of aliphatic hydroxyl groups is 1. The van der Waals surface area contributed by atoms with Crippen LogP contribution in [0.1, 0.15) is 33.3 Å². The maximum atomic E-state index is 11.6. The highest BCUT2D eigenvalue weighted by Crippen LogP contribution is 2.07. The first-order valence-corrected chi connectivity index (χ1v) is 7.71. The van der Waals surface area contributed by atoms with E-state index in [9.17, 15) is 14.7 Å². The van der Waals surface area contributed by atoms with Crippen LogP contribution in [0.4, 0.5) is 9.59 Å². The highest BCUT2D eigenvalue weighted by atomic mass is 16.6. The lowest BCUT2D eigenvalue weighted by molar-refractivity contribution is 0.0326. The molecule has 134 valence electrons. The van der Waals surface area contributed by atoms with Gasteiger partial charge in [0.05, 0.1) is 18.7 Å². The lowest BCUT2D eigenvalue weighted by atomic mass is 10.1. The molecule has 0 aliphatic rings. The summed E-state index contributed by atoms with van der Waals surface area (Å²) in [6.45, 7) is 6.73. The molecule has 1 rings (SSSR count). The third-order valence-electron chi connectivity index (χ3n) is 2.84. The SMILES string of the molecule is CC(O)(CNC(=O)OCc1ccccc1)CNC(=O)OC(C)(C)C. The van der Waals surface area contributed by atoms with Gasteiger partial charge in [0.1, 0.15) is 12.2 Å². The Labute approximate surface area is 142 Å². The van der Waals surface area contributed by atoms with Gasteiger partial charge >= 0.3 is 12.2 Å². The number of benzene rings is 1. The van der Waals surface area contributed by atoms with Crippen molar-refractivity contribution in [2.24, 2.45) is 0 Å². The lowest BCUT2D eigenvalue weighted by Crippen LogP contribution is -2.49. The molecule has 0 aliphatic carbocycles. The van der Waals surface area contributed by atoms with Gasteiger partial charge in [-0.25, -0.2) is 9.59 Å². The molecule has 1 unspecified atom stereocenters. The van der Waals surface area contributed by atoms with Crippen molar-refractivity contribution in [1.82, 2.24) is 10.6 Å². The third kappa shape index (κ3) is 8.99. The maximum Gasteiger partial charge on any atom is 0.407 e. The molecule has 1 aromatic carbocycles. The van der Waals surface area contributed by atoms with Gasteiger partial charge in [-0.1, -0.05) is 30.3 Å². The van der Waals surface area contributed by atoms with Gasteiger partial charge in [-0.2, -0.15) is 0 Å². The van der Waals surface area contributed by atoms with E-state index in [-0.39, 0.29) is 19.7 Å². The fourth-order valence-corrected chi connectivity index (χ4v) is 1.68. The van der Waals surface area contributed by atoms with Gasteiger partial charge in [-0.15, -0.1) is 0 Å². The van der Waals surface area contributed by atoms with Crippen LogP contribution in [0.3, 0.4) is 0 Å². The molecule has 1 aromatic rings. The summed E-state index contributed by atoms with van der Waals surface area (Å²) in [5.74, 6) is 0. The second-order valence-electron chi connectivity index (χ2n) is 6.77. The molecule has 7 nitrogen and oxygen atoms in total. The minimum Gasteiger partial charge on any atom is -0.445 e. The Morgan fingerprint density at radius 1 is 1.00 bits per heavy atom. The number of alkyl carbamates (subject to hydrolysis) is 2. The van der Waals surface area contributed by atoms with Gasteiger partial charge in [0.15, 0.2) is 0 Å². The summed E-state index contributed by atoms with van der Waals surface area (Å²) >= 11 is 0. The molecule has 0 aromatic heterocycles. The summed E-state index contributed by atoms with van der Waals surface area (Å²) in [6.07, 6.45) is -1.27. The van der Waals surface area contributed by atoms with Crippen molar-refractivity contribution in [3.63, 3.8) is 0 Å². The van der Waals surface area contributed by atoms with Crippen molar-refractivity contribution < 1.29 is 24.2 Å². The Hall–Kier alpha value is -2.28. The molecule has 0 aliphatic heterocycles. The zero-order valence-electron chi connectivity index (χ0n) is 14.6. The van der Waals surface area contributed by atoms with Crippen LogP contribution in [0.2, 0.25) is 0 Å². The molecular formula is C17H26N2O5. The maximum absolute atomic E-state index is 11.6. The number of carbonyl (C=O) groups excluding carboxylic acids is 2. The number of carbonyl (C=O) groups is 2. The first kappa shape index (κ1) is 19.8. The molecule has 0 radical (unpaired) electrons. The minimum atomic E-state index is -1.33. The van der Waals surface area contributed by atoms with E-state index < -0.39 is 23.4 Å². The highest BCUT2D eigenvalue weighted by molar-refractivity contribution is 5.68. The zero-order chi connectivity index (χ0) is 18.2. The molecule has 0 heterocycles. The van der Waals surface area contributed by atoms with Crippen LogP contribution in [0.15, 0.2) is 30.3 Å². The third-order valence-corrected chi connectivity index (χ3v) is 2.84. The van der Waals surface area contributed by atoms with E-state index in [2.05, 4.69) is 10.6 Å². The van der Waals surface area contributed by atoms with E-state index in [0.717, 1.165) is 5.56 Å². The van der Waals surface area contributed by atoms with Crippen LogP contribution in [0.5, 0.6) is 0 Å². The monoisotopic (exact) mass is 338 g/mol. The van der Waals surface area contributed by atoms with E-state index in [1.54, 1.807) is 20.8 Å². The molecule has 7 heteroatoms. The molecule has 24 heavy (non-hydrogen) atoms. The molecular weight excluding hydrogens is 312 g/mol. The molecule has 1 atom stereocenters. The van der Waals surface area contributed by atoms with Gasteiger partial charge in [0, 0.05) is 0 Å². The van der Waals surface area contributed by atoms with Crippen molar-refractivity contribution >= 4 is 12.2 Å². The van der Waals surface area contributed by atoms with Crippen LogP contribution < -0.4 is 10.6 Å². The summed E-state index contributed by atoms with van der Waals surface area (Å²) in [6, 6.07) is 9.26. The fraction of sp³-hybridized carbons (Fsp3) is 0.529. The van der Waals surface area contributed by atoms with Crippen LogP contribution in [-0.2, 0) is 16.1 Å². The molecule has 2 amide bonds. The minimum absolute atomic E-state index is 0.0686. The van der Waals surface area contributed by atoms with Gasteiger partial charge in [0.2, 0.25) is 0 Å². The molecule has 3 N–H and O–H groups in total. The first-order chi connectivity index (χ1) is 11.1. The van der Waals surface area contributed by atoms with Crippen molar-refractivity contribution in [2.75, 3.05) is 13.1 Å². The van der Waals surface area contributed by atoms with E-state index >= 15 is 0 Å². The summed E-state index contributed by atoms with van der Waals surface area (Å²) in [4.78, 5) is 23.2. The van der Waals surface area contributed by atoms with E-state index in [1.165, 1.54) is 6.92 Å². The Morgan fingerprint density at radius 3 is 2.08 bits per heavy atom. The Morgan fingerprint density at radius 2 is 1.54 bits per heavy atom. The lowest BCUT2D eigenvalue weighted by Gasteiger charge is -2.25. The molecule has 0 bridgehead atoms. The second kappa shape index (κ2) is 8.54. The highest BCUT2D eigenvalue weighted by Gasteiger charge is 2.24. The Kier molecular flexibility index (Phi) is 7.03. The Bertz CT molecular complexity index is 538. The summed E-state index contributed by atoms with van der Waals surface area (Å²) in [7, 11) is 0. The van der Waals surface area contributed by atoms with Gasteiger partial charge < -0.3 is 25.2 Å². The number of hydrogen-bond acceptors (Lipinski definition) is 5. The van der Waals surface area contributed by atoms with Gasteiger partial charge in [0.25, 0.3) is 0 Å². The summed E-state index contributed by atoms with van der Waals surface area (Å²) < 4.78 is 10.1. The zero-order valence-corrected chi connectivity index (χ0v) is 14.6. The smallest absolute Gasteiger partial charge is 0.407 e. The molecule has 0 spiro atoms. The number of ether oxygens (including phenoxy) is 2. The first-order valence-electron chi connectivity index (χ1n) is 7.71. The topological polar surface area (TPSA) is 96.9 Å². The number of amides is 2. The molecule has 0 fully saturated rings. The van der Waals surface area contributed by atoms with Crippen LogP contribution >= 0.6 is 0 Å². The standard InChI is InChI=1S/C17H26N2O5/c1-16(2,3)24-15(21)19-12-17(4,22)11-18-14(20)23-10-13-8-6-5-7-9-13/h5-9,22H,10-12H2,1-4H3,(H,18,20)(H,19,21). The quantitative estimate of drug-likeness (QED) is 0.739. The number of hydrogen-bond donors (Lipinski definition) is 3. The normalized spacial score (nSPS) is 13.5. The van der Waals surface area contributed by atoms with Crippen molar-refractivity contribution in [1.29, 1.82) is 0 Å². The van der Waals surface area contributed by atoms with Crippen molar-refractivity contribution in [3.8, 4) is 0 Å². The van der Waals surface area contributed by atoms with Gasteiger partial charge in [-0.3, -0.25) is 0 Å². The predicted octanol–water partition coefficient (Wildman–Crippen LogP) is 2.19. The van der Waals surface area contributed by atoms with Crippen LogP contribution in [0, 0.1) is 0 Å². The van der Waals surface area contributed by atoms with Crippen LogP contribution in [0.25, 0.3) is 0 Å². The van der Waals surface area contributed by atoms with Gasteiger partial charge in [-0.05, 0) is 33.3 Å². The van der Waals surface area contributed by atoms with E-state index in [1.807, 2.05) is 30.3 Å². The Balaban J connectivity index is 2.28. The van der Waals surface area contributed by atoms with E-state index in [0.29, 0.717) is 0 Å². The number of nitrogens with one attached hydrogen (secondary N) is 2. The molecule has 0 saturated carbocycles. The number of rotatable bonds is 6. The molecule has 0 saturated heterocycles. The fourth-order valence-electron chi connectivity index (χ4n) is 1.68. The summed E-state index contributed by atoms with van der Waals surface area (Å²) in [5, 5.41) is 15.1. The largest absolute Gasteiger partial charge is 0.445 e.